The molecule has 0 spiro atoms. The molecule has 7 heteroatoms. The number of anilines is 1. The van der Waals surface area contributed by atoms with Gasteiger partial charge < -0.3 is 9.64 Å². The monoisotopic (exact) mass is 365 g/mol. The predicted octanol–water partition coefficient (Wildman–Crippen LogP) is 3.55. The van der Waals surface area contributed by atoms with Gasteiger partial charge in [-0.25, -0.2) is 0 Å². The predicted molar refractivity (Wildman–Crippen MR) is 94.4 cm³/mol. The Morgan fingerprint density at radius 1 is 1.00 bits per heavy atom. The van der Waals surface area contributed by atoms with Gasteiger partial charge in [0, 0.05) is 49.5 Å². The Bertz CT molecular complexity index is 766. The molecule has 4 nitrogen and oxygen atoms in total. The van der Waals surface area contributed by atoms with E-state index in [9.17, 15) is 13.2 Å². The fraction of sp³-hybridized carbons (Fsp3) is 0.526. The second-order valence-corrected chi connectivity index (χ2v) is 6.93. The molecule has 0 aliphatic carbocycles. The minimum absolute atomic E-state index is 0.396. The highest BCUT2D eigenvalue weighted by Crippen LogP contribution is 2.34. The Morgan fingerprint density at radius 3 is 2.42 bits per heavy atom. The van der Waals surface area contributed by atoms with Crippen molar-refractivity contribution in [1.29, 1.82) is 0 Å². The minimum atomic E-state index is -4.34. The lowest BCUT2D eigenvalue weighted by Gasteiger charge is -2.41. The highest BCUT2D eigenvalue weighted by molar-refractivity contribution is 5.92. The summed E-state index contributed by atoms with van der Waals surface area (Å²) in [5, 5.41) is 0.783. The summed E-state index contributed by atoms with van der Waals surface area (Å²) in [7, 11) is 0. The second-order valence-electron chi connectivity index (χ2n) is 6.93. The molecular weight excluding hydrogens is 343 g/mol. The molecule has 1 aromatic heterocycles. The lowest BCUT2D eigenvalue weighted by atomic mass is 10.0. The Balaban J connectivity index is 1.52. The average molecular weight is 365 g/mol. The molecule has 0 amide bonds. The van der Waals surface area contributed by atoms with Gasteiger partial charge >= 0.3 is 6.18 Å². The van der Waals surface area contributed by atoms with Crippen LogP contribution in [0.1, 0.15) is 18.4 Å². The topological polar surface area (TPSA) is 28.6 Å². The maximum absolute atomic E-state index is 12.9. The molecule has 2 aliphatic rings. The third kappa shape index (κ3) is 3.50. The smallest absolute Gasteiger partial charge is 0.379 e. The number of pyridine rings is 1. The fourth-order valence-corrected chi connectivity index (χ4v) is 4.00. The highest BCUT2D eigenvalue weighted by atomic mass is 19.4. The highest BCUT2D eigenvalue weighted by Gasteiger charge is 2.31. The van der Waals surface area contributed by atoms with Gasteiger partial charge in [0.15, 0.2) is 0 Å². The van der Waals surface area contributed by atoms with E-state index in [1.165, 1.54) is 0 Å². The molecule has 0 N–H and O–H groups in total. The molecule has 0 unspecified atom stereocenters. The molecule has 2 aliphatic heterocycles. The number of fused-ring (bicyclic) bond motifs is 1. The van der Waals surface area contributed by atoms with Crippen molar-refractivity contribution in [2.24, 2.45) is 0 Å². The van der Waals surface area contributed by atoms with Crippen LogP contribution in [0.25, 0.3) is 10.9 Å². The summed E-state index contributed by atoms with van der Waals surface area (Å²) >= 11 is 0. The Morgan fingerprint density at radius 2 is 1.73 bits per heavy atom. The summed E-state index contributed by atoms with van der Waals surface area (Å²) in [5.41, 5.74) is 0.720. The average Bonchev–Trinajstić information content (AvgIpc) is 2.67. The Hall–Kier alpha value is -1.86. The van der Waals surface area contributed by atoms with Gasteiger partial charge in [-0.3, -0.25) is 9.88 Å². The van der Waals surface area contributed by atoms with Crippen molar-refractivity contribution >= 4 is 16.6 Å². The number of ether oxygens (including phenoxy) is 1. The van der Waals surface area contributed by atoms with Crippen molar-refractivity contribution in [3.63, 3.8) is 0 Å². The van der Waals surface area contributed by atoms with Crippen LogP contribution < -0.4 is 4.90 Å². The number of alkyl halides is 3. The summed E-state index contributed by atoms with van der Waals surface area (Å²) < 4.78 is 44.2. The zero-order valence-electron chi connectivity index (χ0n) is 14.5. The number of nitrogens with zero attached hydrogens (tertiary/aromatic N) is 3. The first kappa shape index (κ1) is 17.5. The van der Waals surface area contributed by atoms with Crippen molar-refractivity contribution in [1.82, 2.24) is 9.88 Å². The molecule has 0 radical (unpaired) electrons. The van der Waals surface area contributed by atoms with Crippen LogP contribution in [0.3, 0.4) is 0 Å². The van der Waals surface area contributed by atoms with E-state index in [0.717, 1.165) is 75.4 Å². The summed E-state index contributed by atoms with van der Waals surface area (Å²) in [5.74, 6) is 0. The standard InChI is InChI=1S/C19H22F3N3O/c20-19(21,22)14-1-2-16-17(13-14)23-6-3-18(16)25-7-4-15(5-8-25)24-9-11-26-12-10-24/h1-3,6,13,15H,4-5,7-12H2. The lowest BCUT2D eigenvalue weighted by molar-refractivity contribution is -0.137. The van der Waals surface area contributed by atoms with E-state index >= 15 is 0 Å². The first-order valence-electron chi connectivity index (χ1n) is 9.05. The van der Waals surface area contributed by atoms with E-state index in [1.54, 1.807) is 12.3 Å². The zero-order chi connectivity index (χ0) is 18.1. The molecule has 0 atom stereocenters. The number of aromatic nitrogens is 1. The van der Waals surface area contributed by atoms with Crippen LogP contribution in [0, 0.1) is 0 Å². The number of piperidine rings is 1. The number of benzene rings is 1. The van der Waals surface area contributed by atoms with Crippen LogP contribution in [-0.4, -0.2) is 55.3 Å². The van der Waals surface area contributed by atoms with E-state index in [2.05, 4.69) is 14.8 Å². The number of hydrogen-bond acceptors (Lipinski definition) is 4. The van der Waals surface area contributed by atoms with E-state index in [1.807, 2.05) is 6.07 Å². The number of morpholine rings is 1. The van der Waals surface area contributed by atoms with Crippen molar-refractivity contribution in [2.75, 3.05) is 44.3 Å². The summed E-state index contributed by atoms with van der Waals surface area (Å²) in [6.45, 7) is 5.39. The van der Waals surface area contributed by atoms with E-state index in [0.29, 0.717) is 11.6 Å². The Labute approximate surface area is 150 Å². The van der Waals surface area contributed by atoms with Gasteiger partial charge in [0.05, 0.1) is 24.3 Å². The van der Waals surface area contributed by atoms with Gasteiger partial charge in [0.25, 0.3) is 0 Å². The molecule has 1 aromatic carbocycles. The first-order valence-corrected chi connectivity index (χ1v) is 9.05. The molecule has 2 aromatic rings. The van der Waals surface area contributed by atoms with Gasteiger partial charge in [0.2, 0.25) is 0 Å². The van der Waals surface area contributed by atoms with Crippen LogP contribution in [0.5, 0.6) is 0 Å². The normalized spacial score (nSPS) is 20.7. The number of rotatable bonds is 2. The van der Waals surface area contributed by atoms with Crippen LogP contribution >= 0.6 is 0 Å². The van der Waals surface area contributed by atoms with Crippen LogP contribution in [0.15, 0.2) is 30.5 Å². The fourth-order valence-electron chi connectivity index (χ4n) is 4.00. The molecule has 0 saturated carbocycles. The molecule has 0 bridgehead atoms. The van der Waals surface area contributed by atoms with Gasteiger partial charge in [0.1, 0.15) is 0 Å². The maximum atomic E-state index is 12.9. The van der Waals surface area contributed by atoms with Crippen molar-refractivity contribution < 1.29 is 17.9 Å². The van der Waals surface area contributed by atoms with Crippen LogP contribution in [0.4, 0.5) is 18.9 Å². The summed E-state index contributed by atoms with van der Waals surface area (Å²) in [6, 6.07) is 6.31. The van der Waals surface area contributed by atoms with Crippen molar-refractivity contribution in [3.8, 4) is 0 Å². The van der Waals surface area contributed by atoms with Crippen molar-refractivity contribution in [3.05, 3.63) is 36.0 Å². The molecule has 140 valence electrons. The largest absolute Gasteiger partial charge is 0.416 e. The SMILES string of the molecule is FC(F)(F)c1ccc2c(N3CCC(N4CCOCC4)CC3)ccnc2c1. The van der Waals surface area contributed by atoms with Gasteiger partial charge in [-0.05, 0) is 31.0 Å². The lowest BCUT2D eigenvalue weighted by Crippen LogP contribution is -2.49. The molecule has 26 heavy (non-hydrogen) atoms. The Kier molecular flexibility index (Phi) is 4.75. The maximum Gasteiger partial charge on any atom is 0.416 e. The minimum Gasteiger partial charge on any atom is -0.379 e. The van der Waals surface area contributed by atoms with Gasteiger partial charge in [-0.15, -0.1) is 0 Å². The molecule has 2 saturated heterocycles. The molecule has 4 rings (SSSR count). The summed E-state index contributed by atoms with van der Waals surface area (Å²) in [6.07, 6.45) is -0.622. The zero-order valence-corrected chi connectivity index (χ0v) is 14.5. The number of hydrogen-bond donors (Lipinski definition) is 0. The van der Waals surface area contributed by atoms with E-state index < -0.39 is 11.7 Å². The number of halogens is 3. The first-order chi connectivity index (χ1) is 12.5. The van der Waals surface area contributed by atoms with E-state index in [-0.39, 0.29) is 0 Å². The van der Waals surface area contributed by atoms with Crippen molar-refractivity contribution in [2.45, 2.75) is 25.1 Å². The van der Waals surface area contributed by atoms with Gasteiger partial charge in [-0.2, -0.15) is 13.2 Å². The van der Waals surface area contributed by atoms with Gasteiger partial charge in [-0.1, -0.05) is 6.07 Å². The molecular formula is C19H22F3N3O. The van der Waals surface area contributed by atoms with Crippen LogP contribution in [0.2, 0.25) is 0 Å². The second kappa shape index (κ2) is 7.04. The quantitative estimate of drug-likeness (QED) is 0.814. The van der Waals surface area contributed by atoms with E-state index in [4.69, 9.17) is 4.74 Å². The molecule has 3 heterocycles. The third-order valence-corrected chi connectivity index (χ3v) is 5.41. The third-order valence-electron chi connectivity index (χ3n) is 5.41. The van der Waals surface area contributed by atoms with Crippen LogP contribution in [-0.2, 0) is 10.9 Å². The summed E-state index contributed by atoms with van der Waals surface area (Å²) in [4.78, 5) is 8.92. The molecule has 2 fully saturated rings.